The number of H-pyrrole nitrogens is 1. The summed E-state index contributed by atoms with van der Waals surface area (Å²) < 4.78 is 51.5. The van der Waals surface area contributed by atoms with E-state index in [-0.39, 0.29) is 0 Å². The molecule has 0 saturated carbocycles. The Morgan fingerprint density at radius 1 is 1.50 bits per heavy atom. The molecule has 0 aromatic carbocycles. The number of methoxy groups -OCH3 is 1. The molecule has 0 fully saturated rings. The number of alkyl halides is 2. The highest BCUT2D eigenvalue weighted by Gasteiger charge is 2.27. The third-order valence-corrected chi connectivity index (χ3v) is 3.04. The standard InChI is InChI=1S/C7H6ClF2NO4S/c1-15-4-3(6(9)10)2-11-7(12)5(4)16(8,13)14/h2,6H,1H3,(H,11,12). The maximum Gasteiger partial charge on any atom is 0.271 e. The number of rotatable bonds is 3. The predicted octanol–water partition coefficient (Wildman–Crippen LogP) is 1.25. The van der Waals surface area contributed by atoms with Crippen molar-refractivity contribution < 1.29 is 21.9 Å². The van der Waals surface area contributed by atoms with E-state index in [0.29, 0.717) is 6.20 Å². The van der Waals surface area contributed by atoms with Crippen LogP contribution in [-0.4, -0.2) is 20.5 Å². The van der Waals surface area contributed by atoms with E-state index in [0.717, 1.165) is 7.11 Å². The van der Waals surface area contributed by atoms with Crippen LogP contribution < -0.4 is 10.3 Å². The van der Waals surface area contributed by atoms with E-state index in [1.807, 2.05) is 4.98 Å². The normalized spacial score (nSPS) is 11.8. The lowest BCUT2D eigenvalue weighted by Gasteiger charge is -2.09. The first kappa shape index (κ1) is 12.9. The van der Waals surface area contributed by atoms with Gasteiger partial charge in [-0.05, 0) is 0 Å². The Morgan fingerprint density at radius 2 is 2.06 bits per heavy atom. The maximum absolute atomic E-state index is 12.5. The summed E-state index contributed by atoms with van der Waals surface area (Å²) in [4.78, 5) is 12.0. The second-order valence-corrected chi connectivity index (χ2v) is 5.18. The first-order valence-corrected chi connectivity index (χ1v) is 6.12. The van der Waals surface area contributed by atoms with Gasteiger partial charge in [-0.15, -0.1) is 0 Å². The zero-order valence-corrected chi connectivity index (χ0v) is 9.40. The van der Waals surface area contributed by atoms with E-state index >= 15 is 0 Å². The van der Waals surface area contributed by atoms with Gasteiger partial charge in [0.25, 0.3) is 21.0 Å². The smallest absolute Gasteiger partial charge is 0.271 e. The molecule has 0 aliphatic carbocycles. The fraction of sp³-hybridized carbons (Fsp3) is 0.286. The van der Waals surface area contributed by atoms with Crippen LogP contribution in [0.2, 0.25) is 0 Å². The van der Waals surface area contributed by atoms with Crippen molar-refractivity contribution in [3.8, 4) is 5.75 Å². The quantitative estimate of drug-likeness (QED) is 0.841. The van der Waals surface area contributed by atoms with Crippen molar-refractivity contribution in [2.45, 2.75) is 11.3 Å². The van der Waals surface area contributed by atoms with E-state index in [4.69, 9.17) is 10.7 Å². The zero-order valence-electron chi connectivity index (χ0n) is 7.83. The second kappa shape index (κ2) is 4.38. The fourth-order valence-electron chi connectivity index (χ4n) is 1.10. The molecule has 1 N–H and O–H groups in total. The van der Waals surface area contributed by atoms with Crippen LogP contribution in [0, 0.1) is 0 Å². The summed E-state index contributed by atoms with van der Waals surface area (Å²) in [5.74, 6) is -0.742. The van der Waals surface area contributed by atoms with Gasteiger partial charge in [0.05, 0.1) is 12.7 Å². The number of ether oxygens (including phenoxy) is 1. The largest absolute Gasteiger partial charge is 0.495 e. The number of halogens is 3. The Morgan fingerprint density at radius 3 is 2.44 bits per heavy atom. The van der Waals surface area contributed by atoms with Crippen LogP contribution in [0.5, 0.6) is 5.75 Å². The number of aromatic nitrogens is 1. The summed E-state index contributed by atoms with van der Waals surface area (Å²) in [6, 6.07) is 0. The molecule has 1 aromatic heterocycles. The van der Waals surface area contributed by atoms with E-state index in [1.165, 1.54) is 0 Å². The maximum atomic E-state index is 12.5. The summed E-state index contributed by atoms with van der Waals surface area (Å²) in [6.45, 7) is 0. The highest BCUT2D eigenvalue weighted by Crippen LogP contribution is 2.32. The van der Waals surface area contributed by atoms with Crippen LogP contribution in [-0.2, 0) is 9.05 Å². The van der Waals surface area contributed by atoms with Gasteiger partial charge in [-0.2, -0.15) is 0 Å². The molecule has 0 saturated heterocycles. The Balaban J connectivity index is 3.72. The van der Waals surface area contributed by atoms with Crippen molar-refractivity contribution in [1.82, 2.24) is 4.98 Å². The summed E-state index contributed by atoms with van der Waals surface area (Å²) in [5, 5.41) is 0. The van der Waals surface area contributed by atoms with Gasteiger partial charge in [-0.1, -0.05) is 0 Å². The van der Waals surface area contributed by atoms with Crippen molar-refractivity contribution in [3.63, 3.8) is 0 Å². The van der Waals surface area contributed by atoms with Gasteiger partial charge >= 0.3 is 0 Å². The highest BCUT2D eigenvalue weighted by molar-refractivity contribution is 8.13. The number of aromatic amines is 1. The van der Waals surface area contributed by atoms with Crippen molar-refractivity contribution >= 4 is 19.7 Å². The average molecular weight is 274 g/mol. The molecule has 0 bridgehead atoms. The van der Waals surface area contributed by atoms with Crippen molar-refractivity contribution in [1.29, 1.82) is 0 Å². The number of hydrogen-bond acceptors (Lipinski definition) is 4. The molecule has 0 aliphatic rings. The van der Waals surface area contributed by atoms with E-state index in [9.17, 15) is 22.0 Å². The Kier molecular flexibility index (Phi) is 3.54. The monoisotopic (exact) mass is 273 g/mol. The molecule has 90 valence electrons. The zero-order chi connectivity index (χ0) is 12.5. The summed E-state index contributed by atoms with van der Waals surface area (Å²) in [5.41, 5.74) is -1.86. The molecule has 0 radical (unpaired) electrons. The van der Waals surface area contributed by atoms with Crippen molar-refractivity contribution in [2.24, 2.45) is 0 Å². The minimum Gasteiger partial charge on any atom is -0.495 e. The van der Waals surface area contributed by atoms with Gasteiger partial charge in [-0.3, -0.25) is 4.79 Å². The lowest BCUT2D eigenvalue weighted by molar-refractivity contribution is 0.145. The van der Waals surface area contributed by atoms with Gasteiger partial charge < -0.3 is 9.72 Å². The van der Waals surface area contributed by atoms with Crippen LogP contribution in [0.15, 0.2) is 15.9 Å². The molecule has 1 heterocycles. The van der Waals surface area contributed by atoms with Gasteiger partial charge in [0.15, 0.2) is 10.6 Å². The molecule has 5 nitrogen and oxygen atoms in total. The molecule has 1 aromatic rings. The molecule has 0 unspecified atom stereocenters. The van der Waals surface area contributed by atoms with Crippen molar-refractivity contribution in [3.05, 3.63) is 22.1 Å². The number of hydrogen-bond donors (Lipinski definition) is 1. The van der Waals surface area contributed by atoms with Crippen LogP contribution in [0.1, 0.15) is 12.0 Å². The first-order chi connectivity index (χ1) is 7.29. The minimum atomic E-state index is -4.46. The average Bonchev–Trinajstić information content (AvgIpc) is 2.14. The summed E-state index contributed by atoms with van der Waals surface area (Å²) >= 11 is 0. The van der Waals surface area contributed by atoms with Gasteiger partial charge in [0.2, 0.25) is 0 Å². The highest BCUT2D eigenvalue weighted by atomic mass is 35.7. The Bertz CT molecular complexity index is 554. The van der Waals surface area contributed by atoms with E-state index < -0.39 is 37.2 Å². The topological polar surface area (TPSA) is 76.2 Å². The van der Waals surface area contributed by atoms with Crippen LogP contribution in [0.3, 0.4) is 0 Å². The second-order valence-electron chi connectivity index (χ2n) is 2.67. The molecule has 0 atom stereocenters. The Hall–Kier alpha value is -1.15. The first-order valence-electron chi connectivity index (χ1n) is 3.81. The third-order valence-electron chi connectivity index (χ3n) is 1.72. The molecular weight excluding hydrogens is 268 g/mol. The fourth-order valence-corrected chi connectivity index (χ4v) is 2.23. The van der Waals surface area contributed by atoms with Gasteiger partial charge in [0.1, 0.15) is 0 Å². The lowest BCUT2D eigenvalue weighted by atomic mass is 10.2. The predicted molar refractivity (Wildman–Crippen MR) is 51.6 cm³/mol. The Labute approximate surface area is 93.4 Å². The number of pyridine rings is 1. The van der Waals surface area contributed by atoms with Gasteiger partial charge in [-0.25, -0.2) is 17.2 Å². The van der Waals surface area contributed by atoms with Crippen molar-refractivity contribution in [2.75, 3.05) is 7.11 Å². The molecule has 0 amide bonds. The van der Waals surface area contributed by atoms with E-state index in [1.54, 1.807) is 0 Å². The molecular formula is C7H6ClF2NO4S. The van der Waals surface area contributed by atoms with Crippen LogP contribution in [0.25, 0.3) is 0 Å². The molecule has 0 spiro atoms. The van der Waals surface area contributed by atoms with Crippen LogP contribution >= 0.6 is 10.7 Å². The lowest BCUT2D eigenvalue weighted by Crippen LogP contribution is -2.17. The third kappa shape index (κ3) is 2.33. The van der Waals surface area contributed by atoms with Crippen LogP contribution in [0.4, 0.5) is 8.78 Å². The minimum absolute atomic E-state index is 0.678. The van der Waals surface area contributed by atoms with E-state index in [2.05, 4.69) is 4.74 Å². The SMILES string of the molecule is COc1c(C(F)F)c[nH]c(=O)c1S(=O)(=O)Cl. The molecule has 9 heteroatoms. The molecule has 16 heavy (non-hydrogen) atoms. The number of nitrogens with one attached hydrogen (secondary N) is 1. The summed E-state index contributed by atoms with van der Waals surface area (Å²) in [7, 11) is 1.45. The molecule has 0 aliphatic heterocycles. The molecule has 1 rings (SSSR count). The summed E-state index contributed by atoms with van der Waals surface area (Å²) in [6.07, 6.45) is -2.32. The van der Waals surface area contributed by atoms with Gasteiger partial charge in [0, 0.05) is 16.9 Å².